The molecule has 1 heterocycles. The zero-order chi connectivity index (χ0) is 22.4. The molecule has 1 aliphatic rings. The standard InChI is InChI=1S/C22H23ClFN3O4/c1-15-14-26(11-12-31-15)20(22-18(23)3-2-4-19(22)24)13-25-21(28)10-7-16-5-8-17(9-6-16)27(29)30/h2-10,15,20H,11-14H2,1H3,(H,25,28). The van der Waals surface area contributed by atoms with Gasteiger partial charge < -0.3 is 10.1 Å². The summed E-state index contributed by atoms with van der Waals surface area (Å²) in [5.41, 5.74) is 0.973. The number of nitro benzene ring substituents is 1. The third kappa shape index (κ3) is 6.10. The largest absolute Gasteiger partial charge is 0.376 e. The van der Waals surface area contributed by atoms with E-state index < -0.39 is 16.8 Å². The molecule has 0 spiro atoms. The zero-order valence-corrected chi connectivity index (χ0v) is 17.7. The second-order valence-corrected chi connectivity index (χ2v) is 7.66. The van der Waals surface area contributed by atoms with Gasteiger partial charge in [0.15, 0.2) is 0 Å². The van der Waals surface area contributed by atoms with E-state index >= 15 is 0 Å². The molecule has 0 radical (unpaired) electrons. The molecule has 0 bridgehead atoms. The van der Waals surface area contributed by atoms with Crippen LogP contribution in [0, 0.1) is 15.9 Å². The Morgan fingerprint density at radius 1 is 1.39 bits per heavy atom. The fourth-order valence-corrected chi connectivity index (χ4v) is 3.80. The summed E-state index contributed by atoms with van der Waals surface area (Å²) in [6, 6.07) is 9.93. The van der Waals surface area contributed by atoms with Gasteiger partial charge in [0.05, 0.1) is 23.7 Å². The highest BCUT2D eigenvalue weighted by atomic mass is 35.5. The van der Waals surface area contributed by atoms with E-state index in [0.717, 1.165) is 0 Å². The Bertz CT molecular complexity index is 947. The van der Waals surface area contributed by atoms with Gasteiger partial charge >= 0.3 is 0 Å². The Hall–Kier alpha value is -2.81. The first-order chi connectivity index (χ1) is 14.8. The maximum atomic E-state index is 14.6. The molecule has 1 saturated heterocycles. The first kappa shape index (κ1) is 22.9. The Morgan fingerprint density at radius 2 is 2.13 bits per heavy atom. The molecule has 31 heavy (non-hydrogen) atoms. The predicted molar refractivity (Wildman–Crippen MR) is 116 cm³/mol. The molecule has 1 amide bonds. The minimum absolute atomic E-state index is 0.0143. The number of nitrogens with zero attached hydrogens (tertiary/aromatic N) is 2. The van der Waals surface area contributed by atoms with Crippen LogP contribution in [0.5, 0.6) is 0 Å². The van der Waals surface area contributed by atoms with Gasteiger partial charge in [-0.2, -0.15) is 0 Å². The van der Waals surface area contributed by atoms with E-state index in [9.17, 15) is 19.3 Å². The van der Waals surface area contributed by atoms with Crippen LogP contribution in [-0.2, 0) is 9.53 Å². The number of hydrogen-bond donors (Lipinski definition) is 1. The van der Waals surface area contributed by atoms with E-state index in [1.165, 1.54) is 24.3 Å². The molecule has 0 aliphatic carbocycles. The van der Waals surface area contributed by atoms with Crippen LogP contribution in [-0.4, -0.2) is 48.1 Å². The van der Waals surface area contributed by atoms with Crippen molar-refractivity contribution in [3.63, 3.8) is 0 Å². The minimum atomic E-state index is -0.485. The Balaban J connectivity index is 1.71. The van der Waals surface area contributed by atoms with Crippen molar-refractivity contribution in [1.82, 2.24) is 10.2 Å². The van der Waals surface area contributed by atoms with Crippen LogP contribution in [0.3, 0.4) is 0 Å². The first-order valence-electron chi connectivity index (χ1n) is 9.85. The number of halogens is 2. The molecule has 3 rings (SSSR count). The van der Waals surface area contributed by atoms with Gasteiger partial charge in [0, 0.05) is 48.4 Å². The van der Waals surface area contributed by atoms with Crippen molar-refractivity contribution in [2.24, 2.45) is 0 Å². The smallest absolute Gasteiger partial charge is 0.269 e. The number of ether oxygens (including phenoxy) is 1. The lowest BCUT2D eigenvalue weighted by atomic mass is 10.0. The van der Waals surface area contributed by atoms with Gasteiger partial charge in [0.1, 0.15) is 5.82 Å². The third-order valence-corrected chi connectivity index (χ3v) is 5.38. The maximum absolute atomic E-state index is 14.6. The number of nitrogens with one attached hydrogen (secondary N) is 1. The van der Waals surface area contributed by atoms with Crippen molar-refractivity contribution < 1.29 is 18.8 Å². The van der Waals surface area contributed by atoms with E-state index in [0.29, 0.717) is 35.8 Å². The van der Waals surface area contributed by atoms with Gasteiger partial charge in [-0.25, -0.2) is 4.39 Å². The fourth-order valence-electron chi connectivity index (χ4n) is 3.51. The van der Waals surface area contributed by atoms with E-state index in [1.54, 1.807) is 30.3 Å². The van der Waals surface area contributed by atoms with Gasteiger partial charge in [0.25, 0.3) is 5.69 Å². The number of carbonyl (C=O) groups is 1. The molecule has 164 valence electrons. The SMILES string of the molecule is CC1CN(C(CNC(=O)C=Cc2ccc([N+](=O)[O-])cc2)c2c(F)cccc2Cl)CCO1. The summed E-state index contributed by atoms with van der Waals surface area (Å²) >= 11 is 6.30. The van der Waals surface area contributed by atoms with Crippen LogP contribution >= 0.6 is 11.6 Å². The first-order valence-corrected chi connectivity index (χ1v) is 10.2. The Kier molecular flexibility index (Phi) is 7.73. The minimum Gasteiger partial charge on any atom is -0.376 e. The number of morpholine rings is 1. The highest BCUT2D eigenvalue weighted by Gasteiger charge is 2.29. The van der Waals surface area contributed by atoms with Gasteiger partial charge in [-0.3, -0.25) is 19.8 Å². The van der Waals surface area contributed by atoms with Crippen molar-refractivity contribution in [3.05, 3.63) is 80.6 Å². The number of carbonyl (C=O) groups excluding carboxylic acids is 1. The summed E-state index contributed by atoms with van der Waals surface area (Å²) in [5, 5.41) is 13.8. The van der Waals surface area contributed by atoms with E-state index in [4.69, 9.17) is 16.3 Å². The summed E-state index contributed by atoms with van der Waals surface area (Å²) in [6.07, 6.45) is 2.88. The van der Waals surface area contributed by atoms with E-state index in [2.05, 4.69) is 10.2 Å². The average Bonchev–Trinajstić information content (AvgIpc) is 2.74. The third-order valence-electron chi connectivity index (χ3n) is 5.05. The van der Waals surface area contributed by atoms with Crippen LogP contribution in [0.25, 0.3) is 6.08 Å². The molecule has 0 aromatic heterocycles. The lowest BCUT2D eigenvalue weighted by molar-refractivity contribution is -0.384. The van der Waals surface area contributed by atoms with Crippen molar-refractivity contribution in [2.45, 2.75) is 19.1 Å². The molecular formula is C22H23ClFN3O4. The number of hydrogen-bond acceptors (Lipinski definition) is 5. The lowest BCUT2D eigenvalue weighted by Gasteiger charge is -2.38. The highest BCUT2D eigenvalue weighted by Crippen LogP contribution is 2.31. The van der Waals surface area contributed by atoms with Crippen LogP contribution in [0.4, 0.5) is 10.1 Å². The molecule has 2 atom stereocenters. The highest BCUT2D eigenvalue weighted by molar-refractivity contribution is 6.31. The molecule has 1 fully saturated rings. The van der Waals surface area contributed by atoms with Crippen LogP contribution < -0.4 is 5.32 Å². The van der Waals surface area contributed by atoms with Gasteiger partial charge in [0.2, 0.25) is 5.91 Å². The number of benzene rings is 2. The molecule has 0 saturated carbocycles. The monoisotopic (exact) mass is 447 g/mol. The summed E-state index contributed by atoms with van der Waals surface area (Å²) < 4.78 is 20.2. The second kappa shape index (κ2) is 10.5. The molecule has 9 heteroatoms. The molecule has 2 unspecified atom stereocenters. The van der Waals surface area contributed by atoms with Crippen LogP contribution in [0.15, 0.2) is 48.5 Å². The van der Waals surface area contributed by atoms with E-state index in [1.807, 2.05) is 6.92 Å². The molecular weight excluding hydrogens is 425 g/mol. The van der Waals surface area contributed by atoms with Gasteiger partial charge in [-0.15, -0.1) is 0 Å². The zero-order valence-electron chi connectivity index (χ0n) is 17.0. The van der Waals surface area contributed by atoms with Crippen molar-refractivity contribution in [1.29, 1.82) is 0 Å². The molecule has 2 aromatic carbocycles. The summed E-state index contributed by atoms with van der Waals surface area (Å²) in [4.78, 5) is 24.7. The summed E-state index contributed by atoms with van der Waals surface area (Å²) in [6.45, 7) is 3.80. The van der Waals surface area contributed by atoms with E-state index in [-0.39, 0.29) is 24.2 Å². The number of amides is 1. The number of nitro groups is 1. The number of non-ortho nitro benzene ring substituents is 1. The van der Waals surface area contributed by atoms with Crippen LogP contribution in [0.2, 0.25) is 5.02 Å². The van der Waals surface area contributed by atoms with Gasteiger partial charge in [-0.05, 0) is 42.8 Å². The average molecular weight is 448 g/mol. The Labute approximate surface area is 184 Å². The molecule has 1 aliphatic heterocycles. The maximum Gasteiger partial charge on any atom is 0.269 e. The van der Waals surface area contributed by atoms with Crippen molar-refractivity contribution in [2.75, 3.05) is 26.2 Å². The lowest BCUT2D eigenvalue weighted by Crippen LogP contribution is -2.46. The second-order valence-electron chi connectivity index (χ2n) is 7.25. The topological polar surface area (TPSA) is 84.7 Å². The number of rotatable bonds is 7. The van der Waals surface area contributed by atoms with Crippen molar-refractivity contribution >= 4 is 29.3 Å². The van der Waals surface area contributed by atoms with Gasteiger partial charge in [-0.1, -0.05) is 17.7 Å². The van der Waals surface area contributed by atoms with Crippen molar-refractivity contribution in [3.8, 4) is 0 Å². The quantitative estimate of drug-likeness (QED) is 0.394. The summed E-state index contributed by atoms with van der Waals surface area (Å²) in [5.74, 6) is -0.788. The molecule has 7 nitrogen and oxygen atoms in total. The fraction of sp³-hybridized carbons (Fsp3) is 0.318. The molecule has 2 aromatic rings. The Morgan fingerprint density at radius 3 is 2.77 bits per heavy atom. The normalized spacial score (nSPS) is 18.1. The van der Waals surface area contributed by atoms with Crippen LogP contribution in [0.1, 0.15) is 24.1 Å². The molecule has 1 N–H and O–H groups in total. The predicted octanol–water partition coefficient (Wildman–Crippen LogP) is 3.98. The summed E-state index contributed by atoms with van der Waals surface area (Å²) in [7, 11) is 0.